The summed E-state index contributed by atoms with van der Waals surface area (Å²) in [6, 6.07) is 0. The van der Waals surface area contributed by atoms with Gasteiger partial charge in [-0.3, -0.25) is 4.90 Å². The molecule has 5 heteroatoms. The molecule has 2 fully saturated rings. The molecule has 1 spiro atoms. The largest absolute Gasteiger partial charge is 0.317 e. The van der Waals surface area contributed by atoms with Gasteiger partial charge in [0.25, 0.3) is 0 Å². The second-order valence-corrected chi connectivity index (χ2v) is 7.81. The summed E-state index contributed by atoms with van der Waals surface area (Å²) in [5.74, 6) is 1.10. The molecule has 0 radical (unpaired) electrons. The maximum Gasteiger partial charge on any atom is 0.187 e. The Hall–Kier alpha value is -0.650. The van der Waals surface area contributed by atoms with Gasteiger partial charge in [0.05, 0.1) is 0 Å². The lowest BCUT2D eigenvalue weighted by atomic mass is 9.71. The molecule has 1 aromatic heterocycles. The molecule has 0 amide bonds. The molecular formula is C17H28N4S. The van der Waals surface area contributed by atoms with Gasteiger partial charge in [-0.05, 0) is 63.7 Å². The molecule has 0 atom stereocenters. The molecule has 1 N–H and O–H groups in total. The van der Waals surface area contributed by atoms with Crippen molar-refractivity contribution >= 4 is 11.8 Å². The van der Waals surface area contributed by atoms with Crippen molar-refractivity contribution in [2.24, 2.45) is 5.41 Å². The standard InChI is InChI=1S/C17H28N4S/c1-2-11-22-16-19-12-15(13-20-16)14-21-9-5-17(6-10-21)3-7-18-8-4-17/h12-13,18H,2-11,14H2,1H3. The predicted octanol–water partition coefficient (Wildman–Crippen LogP) is 2.94. The normalized spacial score (nSPS) is 22.0. The van der Waals surface area contributed by atoms with E-state index in [9.17, 15) is 0 Å². The number of likely N-dealkylation sites (tertiary alicyclic amines) is 1. The van der Waals surface area contributed by atoms with E-state index < -0.39 is 0 Å². The van der Waals surface area contributed by atoms with E-state index in [4.69, 9.17) is 0 Å². The van der Waals surface area contributed by atoms with Crippen LogP contribution in [0.5, 0.6) is 0 Å². The summed E-state index contributed by atoms with van der Waals surface area (Å²) in [6.07, 6.45) is 10.7. The molecular weight excluding hydrogens is 292 g/mol. The van der Waals surface area contributed by atoms with Crippen molar-refractivity contribution in [2.75, 3.05) is 31.9 Å². The number of nitrogens with zero attached hydrogens (tertiary/aromatic N) is 3. The smallest absolute Gasteiger partial charge is 0.187 e. The van der Waals surface area contributed by atoms with Crippen molar-refractivity contribution in [3.63, 3.8) is 0 Å². The number of aromatic nitrogens is 2. The highest BCUT2D eigenvalue weighted by Gasteiger charge is 2.35. The van der Waals surface area contributed by atoms with Gasteiger partial charge in [0, 0.05) is 30.3 Å². The number of hydrogen-bond donors (Lipinski definition) is 1. The lowest BCUT2D eigenvalue weighted by molar-refractivity contribution is 0.0700. The van der Waals surface area contributed by atoms with E-state index in [1.54, 1.807) is 11.8 Å². The molecule has 2 aliphatic rings. The van der Waals surface area contributed by atoms with Crippen LogP contribution in [0.2, 0.25) is 0 Å². The molecule has 122 valence electrons. The van der Waals surface area contributed by atoms with Crippen molar-refractivity contribution < 1.29 is 0 Å². The molecule has 2 aliphatic heterocycles. The summed E-state index contributed by atoms with van der Waals surface area (Å²) in [6.45, 7) is 8.08. The number of nitrogens with one attached hydrogen (secondary N) is 1. The van der Waals surface area contributed by atoms with Crippen molar-refractivity contribution in [1.29, 1.82) is 0 Å². The van der Waals surface area contributed by atoms with Crippen molar-refractivity contribution in [2.45, 2.75) is 50.7 Å². The van der Waals surface area contributed by atoms with Crippen LogP contribution in [0, 0.1) is 5.41 Å². The summed E-state index contributed by atoms with van der Waals surface area (Å²) < 4.78 is 0. The highest BCUT2D eigenvalue weighted by atomic mass is 32.2. The molecule has 4 nitrogen and oxygen atoms in total. The van der Waals surface area contributed by atoms with Crippen molar-refractivity contribution in [1.82, 2.24) is 20.2 Å². The highest BCUT2D eigenvalue weighted by molar-refractivity contribution is 7.99. The minimum absolute atomic E-state index is 0.638. The summed E-state index contributed by atoms with van der Waals surface area (Å²) in [7, 11) is 0. The van der Waals surface area contributed by atoms with Crippen LogP contribution in [0.1, 0.15) is 44.6 Å². The average molecular weight is 321 g/mol. The first-order valence-electron chi connectivity index (χ1n) is 8.66. The predicted molar refractivity (Wildman–Crippen MR) is 92.1 cm³/mol. The molecule has 1 aromatic rings. The molecule has 0 bridgehead atoms. The fourth-order valence-electron chi connectivity index (χ4n) is 3.59. The van der Waals surface area contributed by atoms with Crippen molar-refractivity contribution in [3.05, 3.63) is 18.0 Å². The lowest BCUT2D eigenvalue weighted by Gasteiger charge is -2.44. The first kappa shape index (κ1) is 16.2. The molecule has 3 rings (SSSR count). The molecule has 0 unspecified atom stereocenters. The van der Waals surface area contributed by atoms with Gasteiger partial charge in [0.2, 0.25) is 0 Å². The lowest BCUT2D eigenvalue weighted by Crippen LogP contribution is -2.45. The Kier molecular flexibility index (Phi) is 5.71. The fraction of sp³-hybridized carbons (Fsp3) is 0.765. The zero-order valence-corrected chi connectivity index (χ0v) is 14.5. The Morgan fingerprint density at radius 2 is 1.82 bits per heavy atom. The van der Waals surface area contributed by atoms with Crippen LogP contribution < -0.4 is 5.32 Å². The van der Waals surface area contributed by atoms with Gasteiger partial charge in [-0.1, -0.05) is 18.7 Å². The Bertz CT molecular complexity index is 446. The van der Waals surface area contributed by atoms with Gasteiger partial charge in [0.1, 0.15) is 0 Å². The maximum atomic E-state index is 4.48. The molecule has 0 saturated carbocycles. The van der Waals surface area contributed by atoms with E-state index in [-0.39, 0.29) is 0 Å². The second-order valence-electron chi connectivity index (χ2n) is 6.75. The van der Waals surface area contributed by atoms with Crippen LogP contribution in [0.15, 0.2) is 17.6 Å². The van der Waals surface area contributed by atoms with Gasteiger partial charge in [-0.25, -0.2) is 9.97 Å². The molecule has 0 aliphatic carbocycles. The monoisotopic (exact) mass is 320 g/mol. The van der Waals surface area contributed by atoms with E-state index in [1.807, 2.05) is 12.4 Å². The van der Waals surface area contributed by atoms with E-state index in [2.05, 4.69) is 27.1 Å². The van der Waals surface area contributed by atoms with Crippen LogP contribution in [0.3, 0.4) is 0 Å². The Morgan fingerprint density at radius 1 is 1.14 bits per heavy atom. The average Bonchev–Trinajstić information content (AvgIpc) is 2.57. The maximum absolute atomic E-state index is 4.48. The van der Waals surface area contributed by atoms with E-state index in [1.165, 1.54) is 63.8 Å². The second kappa shape index (κ2) is 7.75. The first-order chi connectivity index (χ1) is 10.8. The van der Waals surface area contributed by atoms with Crippen LogP contribution in [-0.2, 0) is 6.54 Å². The minimum atomic E-state index is 0.638. The number of piperidine rings is 2. The van der Waals surface area contributed by atoms with Gasteiger partial charge in [-0.15, -0.1) is 0 Å². The molecule has 22 heavy (non-hydrogen) atoms. The van der Waals surface area contributed by atoms with Crippen LogP contribution in [-0.4, -0.2) is 46.8 Å². The van der Waals surface area contributed by atoms with Gasteiger partial charge in [-0.2, -0.15) is 0 Å². The number of thioether (sulfide) groups is 1. The quantitative estimate of drug-likeness (QED) is 0.667. The van der Waals surface area contributed by atoms with Crippen LogP contribution in [0.25, 0.3) is 0 Å². The van der Waals surface area contributed by atoms with E-state index in [0.29, 0.717) is 5.41 Å². The Labute approximate surface area is 138 Å². The Balaban J connectivity index is 1.48. The summed E-state index contributed by atoms with van der Waals surface area (Å²) in [5.41, 5.74) is 1.89. The van der Waals surface area contributed by atoms with Crippen LogP contribution in [0.4, 0.5) is 0 Å². The Morgan fingerprint density at radius 3 is 2.45 bits per heavy atom. The third-order valence-electron chi connectivity index (χ3n) is 5.10. The first-order valence-corrected chi connectivity index (χ1v) is 9.65. The summed E-state index contributed by atoms with van der Waals surface area (Å²) >= 11 is 1.75. The topological polar surface area (TPSA) is 41.1 Å². The minimum Gasteiger partial charge on any atom is -0.317 e. The molecule has 2 saturated heterocycles. The van der Waals surface area contributed by atoms with Crippen LogP contribution >= 0.6 is 11.8 Å². The van der Waals surface area contributed by atoms with E-state index in [0.717, 1.165) is 17.5 Å². The number of hydrogen-bond acceptors (Lipinski definition) is 5. The van der Waals surface area contributed by atoms with Crippen molar-refractivity contribution in [3.8, 4) is 0 Å². The third-order valence-corrected chi connectivity index (χ3v) is 6.19. The number of rotatable bonds is 5. The molecule has 3 heterocycles. The summed E-state index contributed by atoms with van der Waals surface area (Å²) in [5, 5.41) is 4.41. The fourth-order valence-corrected chi connectivity index (χ4v) is 4.23. The summed E-state index contributed by atoms with van der Waals surface area (Å²) in [4.78, 5) is 11.5. The third kappa shape index (κ3) is 4.21. The highest BCUT2D eigenvalue weighted by Crippen LogP contribution is 2.39. The van der Waals surface area contributed by atoms with E-state index >= 15 is 0 Å². The molecule has 0 aromatic carbocycles. The zero-order valence-electron chi connectivity index (χ0n) is 13.7. The van der Waals surface area contributed by atoms with Gasteiger partial charge >= 0.3 is 0 Å². The van der Waals surface area contributed by atoms with Gasteiger partial charge < -0.3 is 5.32 Å². The SMILES string of the molecule is CCCSc1ncc(CN2CCC3(CCNCC3)CC2)cn1. The van der Waals surface area contributed by atoms with Gasteiger partial charge in [0.15, 0.2) is 5.16 Å². The zero-order chi connectivity index (χ0) is 15.3.